The van der Waals surface area contributed by atoms with Gasteiger partial charge in [-0.2, -0.15) is 0 Å². The zero-order valence-electron chi connectivity index (χ0n) is 27.8. The first kappa shape index (κ1) is 39.9. The van der Waals surface area contributed by atoms with E-state index in [2.05, 4.69) is 0 Å². The van der Waals surface area contributed by atoms with Crippen molar-refractivity contribution in [2.75, 3.05) is 19.8 Å². The van der Waals surface area contributed by atoms with E-state index < -0.39 is 140 Å². The summed E-state index contributed by atoms with van der Waals surface area (Å²) in [4.78, 5) is 14.0. The molecule has 298 valence electrons. The SMILES string of the molecule is O=c1c(O[C@@H]2O[C@H](CO[C@@H]3O[C@H](CO)[C@@H](O)[C@H](O)[C@H]3O)[C@@H](O)[C@H](O)[C@H]2O[C@@H]2O[C@H](CO)[C@@H](O)[C@H](O)[C@H]2O)c(-c2ccc(O)cc2)oc2cc(O)cc(O)c12. The average Bonchev–Trinajstić information content (AvgIpc) is 3.14. The fraction of sp³-hybridized carbons (Fsp3) is 0.545. The molecular formula is C33H40O21. The molecule has 0 aliphatic carbocycles. The molecule has 1 aromatic heterocycles. The van der Waals surface area contributed by atoms with Gasteiger partial charge in [0, 0.05) is 17.7 Å². The zero-order valence-corrected chi connectivity index (χ0v) is 27.8. The smallest absolute Gasteiger partial charge is 0.239 e. The number of benzene rings is 2. The van der Waals surface area contributed by atoms with Gasteiger partial charge in [-0.3, -0.25) is 4.79 Å². The molecule has 3 aromatic rings. The molecule has 21 heteroatoms. The first-order valence-electron chi connectivity index (χ1n) is 16.5. The van der Waals surface area contributed by atoms with Crippen molar-refractivity contribution in [1.82, 2.24) is 0 Å². The topological polar surface area (TPSA) is 349 Å². The number of hydrogen-bond donors (Lipinski definition) is 13. The van der Waals surface area contributed by atoms with Crippen molar-refractivity contribution < 1.29 is 99.2 Å². The van der Waals surface area contributed by atoms with Crippen molar-refractivity contribution in [3.63, 3.8) is 0 Å². The van der Waals surface area contributed by atoms with E-state index >= 15 is 0 Å². The number of ether oxygens (including phenoxy) is 6. The largest absolute Gasteiger partial charge is 0.508 e. The van der Waals surface area contributed by atoms with Crippen molar-refractivity contribution in [3.05, 3.63) is 46.6 Å². The van der Waals surface area contributed by atoms with Crippen LogP contribution in [0.3, 0.4) is 0 Å². The standard InChI is InChI=1S/C33H40O21/c34-7-15-19(39)23(43)26(46)31(50-15)48-9-17-21(41)25(45)30(54-32-27(47)24(44)20(40)16(8-35)51-32)33(52-17)53-29-22(42)18-13(38)5-12(37)6-14(18)49-28(29)10-1-3-11(36)4-2-10/h1-6,15-17,19-21,23-27,30-41,43-47H,7-9H2/t15-,16-,17-,19-,20-,21-,23+,24+,25+,26-,27-,30-,31-,32+,33+/m1/s1. The summed E-state index contributed by atoms with van der Waals surface area (Å²) in [6, 6.07) is 6.97. The lowest BCUT2D eigenvalue weighted by molar-refractivity contribution is -0.363. The second-order valence-electron chi connectivity index (χ2n) is 12.9. The van der Waals surface area contributed by atoms with E-state index in [4.69, 9.17) is 32.8 Å². The van der Waals surface area contributed by atoms with Crippen molar-refractivity contribution in [1.29, 1.82) is 0 Å². The molecule has 0 radical (unpaired) electrons. The molecule has 3 aliphatic heterocycles. The van der Waals surface area contributed by atoms with Crippen LogP contribution in [0.15, 0.2) is 45.6 Å². The maximum absolute atomic E-state index is 14.0. The fourth-order valence-electron chi connectivity index (χ4n) is 6.31. The Bertz CT molecular complexity index is 1800. The molecule has 0 bridgehead atoms. The molecule has 0 spiro atoms. The molecule has 0 amide bonds. The Morgan fingerprint density at radius 2 is 1.17 bits per heavy atom. The lowest BCUT2D eigenvalue weighted by Gasteiger charge is -2.46. The van der Waals surface area contributed by atoms with Crippen LogP contribution in [0, 0.1) is 0 Å². The normalized spacial score (nSPS) is 37.3. The van der Waals surface area contributed by atoms with Crippen LogP contribution in [0.2, 0.25) is 0 Å². The molecule has 3 saturated heterocycles. The summed E-state index contributed by atoms with van der Waals surface area (Å²) in [5.74, 6) is -2.49. The van der Waals surface area contributed by atoms with E-state index in [0.717, 1.165) is 12.1 Å². The zero-order chi connectivity index (χ0) is 39.2. The summed E-state index contributed by atoms with van der Waals surface area (Å²) in [6.45, 7) is -2.42. The van der Waals surface area contributed by atoms with Crippen LogP contribution >= 0.6 is 0 Å². The van der Waals surface area contributed by atoms with E-state index in [1.54, 1.807) is 0 Å². The van der Waals surface area contributed by atoms with Gasteiger partial charge in [0.15, 0.2) is 24.4 Å². The highest BCUT2D eigenvalue weighted by molar-refractivity contribution is 5.88. The third-order valence-corrected chi connectivity index (χ3v) is 9.34. The summed E-state index contributed by atoms with van der Waals surface area (Å²) in [7, 11) is 0. The molecular weight excluding hydrogens is 732 g/mol. The van der Waals surface area contributed by atoms with Gasteiger partial charge in [-0.15, -0.1) is 0 Å². The Balaban J connectivity index is 1.38. The van der Waals surface area contributed by atoms with Crippen LogP contribution in [0.1, 0.15) is 0 Å². The summed E-state index contributed by atoms with van der Waals surface area (Å²) < 4.78 is 39.8. The van der Waals surface area contributed by atoms with E-state index in [0.29, 0.717) is 0 Å². The first-order chi connectivity index (χ1) is 25.6. The monoisotopic (exact) mass is 772 g/mol. The van der Waals surface area contributed by atoms with Crippen molar-refractivity contribution in [3.8, 4) is 34.3 Å². The molecule has 4 heterocycles. The summed E-state index contributed by atoms with van der Waals surface area (Å²) in [6.07, 6.45) is -27.5. The molecule has 6 rings (SSSR count). The summed E-state index contributed by atoms with van der Waals surface area (Å²) in [5, 5.41) is 134. The molecule has 13 N–H and O–H groups in total. The molecule has 54 heavy (non-hydrogen) atoms. The molecule has 2 aromatic carbocycles. The quantitative estimate of drug-likeness (QED) is 0.0922. The lowest BCUT2D eigenvalue weighted by Crippen LogP contribution is -2.65. The Kier molecular flexibility index (Phi) is 11.9. The Hall–Kier alpha value is -3.75. The van der Waals surface area contributed by atoms with Crippen LogP contribution in [0.5, 0.6) is 23.0 Å². The Morgan fingerprint density at radius 3 is 1.78 bits per heavy atom. The molecule has 3 aliphatic rings. The fourth-order valence-corrected chi connectivity index (χ4v) is 6.31. The number of phenolic OH excluding ortho intramolecular Hbond substituents is 3. The van der Waals surface area contributed by atoms with Gasteiger partial charge in [0.2, 0.25) is 17.5 Å². The molecule has 21 nitrogen and oxygen atoms in total. The highest BCUT2D eigenvalue weighted by Gasteiger charge is 2.53. The minimum atomic E-state index is -2.10. The Labute approximate surface area is 303 Å². The van der Waals surface area contributed by atoms with Gasteiger partial charge < -0.3 is 99.2 Å². The lowest BCUT2D eigenvalue weighted by atomic mass is 9.97. The number of aliphatic hydroxyl groups is 10. The predicted molar refractivity (Wildman–Crippen MR) is 173 cm³/mol. The number of hydrogen-bond acceptors (Lipinski definition) is 21. The maximum atomic E-state index is 14.0. The van der Waals surface area contributed by atoms with E-state index in [1.165, 1.54) is 24.3 Å². The number of aromatic hydroxyl groups is 3. The number of aliphatic hydroxyl groups excluding tert-OH is 10. The number of rotatable bonds is 10. The second kappa shape index (κ2) is 16.2. The van der Waals surface area contributed by atoms with Gasteiger partial charge in [0.05, 0.1) is 19.8 Å². The van der Waals surface area contributed by atoms with Gasteiger partial charge >= 0.3 is 0 Å². The molecule has 0 saturated carbocycles. The van der Waals surface area contributed by atoms with Gasteiger partial charge in [-0.05, 0) is 24.3 Å². The van der Waals surface area contributed by atoms with Crippen LogP contribution in [0.25, 0.3) is 22.3 Å². The second-order valence-corrected chi connectivity index (χ2v) is 12.9. The van der Waals surface area contributed by atoms with E-state index in [9.17, 15) is 71.2 Å². The van der Waals surface area contributed by atoms with Crippen LogP contribution < -0.4 is 10.2 Å². The van der Waals surface area contributed by atoms with Crippen molar-refractivity contribution >= 4 is 11.0 Å². The maximum Gasteiger partial charge on any atom is 0.239 e. The summed E-state index contributed by atoms with van der Waals surface area (Å²) in [5.41, 5.74) is -1.29. The summed E-state index contributed by atoms with van der Waals surface area (Å²) >= 11 is 0. The molecule has 15 atom stereocenters. The van der Waals surface area contributed by atoms with Crippen LogP contribution in [0.4, 0.5) is 0 Å². The van der Waals surface area contributed by atoms with E-state index in [-0.39, 0.29) is 22.7 Å². The van der Waals surface area contributed by atoms with Gasteiger partial charge in [0.1, 0.15) is 95.4 Å². The minimum absolute atomic E-state index is 0.0925. The van der Waals surface area contributed by atoms with Gasteiger partial charge in [-0.1, -0.05) is 0 Å². The number of phenols is 3. The third-order valence-electron chi connectivity index (χ3n) is 9.34. The average molecular weight is 773 g/mol. The van der Waals surface area contributed by atoms with Crippen LogP contribution in [-0.4, -0.2) is 178 Å². The van der Waals surface area contributed by atoms with Crippen molar-refractivity contribution in [2.45, 2.75) is 92.1 Å². The minimum Gasteiger partial charge on any atom is -0.508 e. The predicted octanol–water partition coefficient (Wildman–Crippen LogP) is -4.60. The number of fused-ring (bicyclic) bond motifs is 1. The molecule has 3 fully saturated rings. The highest BCUT2D eigenvalue weighted by Crippen LogP contribution is 2.38. The van der Waals surface area contributed by atoms with Gasteiger partial charge in [0.25, 0.3) is 0 Å². The highest BCUT2D eigenvalue weighted by atomic mass is 16.8. The first-order valence-corrected chi connectivity index (χ1v) is 16.5. The van der Waals surface area contributed by atoms with Gasteiger partial charge in [-0.25, -0.2) is 0 Å². The Morgan fingerprint density at radius 1 is 0.611 bits per heavy atom. The third kappa shape index (κ3) is 7.58. The van der Waals surface area contributed by atoms with Crippen LogP contribution in [-0.2, 0) is 23.7 Å². The molecule has 0 unspecified atom stereocenters. The van der Waals surface area contributed by atoms with E-state index in [1.807, 2.05) is 0 Å². The van der Waals surface area contributed by atoms with Crippen molar-refractivity contribution in [2.24, 2.45) is 0 Å².